The Hall–Kier alpha value is -2.20. The summed E-state index contributed by atoms with van der Waals surface area (Å²) in [5.74, 6) is -1.05. The van der Waals surface area contributed by atoms with Gasteiger partial charge in [-0.2, -0.15) is 0 Å². The van der Waals surface area contributed by atoms with Gasteiger partial charge in [0.1, 0.15) is 0 Å². The van der Waals surface area contributed by atoms with Gasteiger partial charge in [0.15, 0.2) is 0 Å². The number of halogens is 1. The smallest absolute Gasteiger partial charge is 0.337 e. The molecule has 0 saturated carbocycles. The Morgan fingerprint density at radius 3 is 2.62 bits per heavy atom. The fourth-order valence-corrected chi connectivity index (χ4v) is 2.67. The summed E-state index contributed by atoms with van der Waals surface area (Å²) in [6, 6.07) is 11.0. The van der Waals surface area contributed by atoms with Crippen molar-refractivity contribution in [3.05, 3.63) is 58.1 Å². The van der Waals surface area contributed by atoms with Crippen LogP contribution in [0.5, 0.6) is 0 Å². The Morgan fingerprint density at radius 2 is 2.00 bits per heavy atom. The van der Waals surface area contributed by atoms with E-state index < -0.39 is 5.97 Å². The molecular formula is C16H17ClN2O2. The van der Waals surface area contributed by atoms with Crippen LogP contribution in [0.4, 0.5) is 11.4 Å². The van der Waals surface area contributed by atoms with E-state index in [0.29, 0.717) is 22.9 Å². The SMILES string of the molecule is Cc1ccccc1CN(C)c1c(Cl)cc(N)cc1C(=O)O. The van der Waals surface area contributed by atoms with E-state index in [4.69, 9.17) is 17.3 Å². The van der Waals surface area contributed by atoms with E-state index in [0.717, 1.165) is 11.1 Å². The number of nitrogens with two attached hydrogens (primary N) is 1. The number of aromatic carboxylic acids is 1. The lowest BCUT2D eigenvalue weighted by atomic mass is 10.1. The molecule has 0 aliphatic heterocycles. The number of rotatable bonds is 4. The van der Waals surface area contributed by atoms with Crippen molar-refractivity contribution < 1.29 is 9.90 Å². The molecule has 0 aliphatic rings. The molecule has 3 N–H and O–H groups in total. The predicted molar refractivity (Wildman–Crippen MR) is 86.1 cm³/mol. The zero-order valence-electron chi connectivity index (χ0n) is 11.9. The van der Waals surface area contributed by atoms with Gasteiger partial charge in [0.25, 0.3) is 0 Å². The number of benzene rings is 2. The Bertz CT molecular complexity index is 686. The van der Waals surface area contributed by atoms with Crippen LogP contribution in [0.25, 0.3) is 0 Å². The van der Waals surface area contributed by atoms with Gasteiger partial charge < -0.3 is 15.7 Å². The quantitative estimate of drug-likeness (QED) is 0.848. The highest BCUT2D eigenvalue weighted by Crippen LogP contribution is 2.33. The van der Waals surface area contributed by atoms with E-state index >= 15 is 0 Å². The molecule has 0 aromatic heterocycles. The third-order valence-electron chi connectivity index (χ3n) is 3.37. The lowest BCUT2D eigenvalue weighted by Crippen LogP contribution is -2.20. The minimum atomic E-state index is -1.05. The second kappa shape index (κ2) is 6.06. The summed E-state index contributed by atoms with van der Waals surface area (Å²) in [6.45, 7) is 2.59. The summed E-state index contributed by atoms with van der Waals surface area (Å²) in [5, 5.41) is 9.68. The highest BCUT2D eigenvalue weighted by Gasteiger charge is 2.18. The summed E-state index contributed by atoms with van der Waals surface area (Å²) in [5.41, 5.74) is 8.86. The van der Waals surface area contributed by atoms with Crippen LogP contribution >= 0.6 is 11.6 Å². The number of carboxylic acids is 1. The summed E-state index contributed by atoms with van der Waals surface area (Å²) in [6.07, 6.45) is 0. The normalized spacial score (nSPS) is 10.4. The van der Waals surface area contributed by atoms with Crippen LogP contribution in [0.15, 0.2) is 36.4 Å². The summed E-state index contributed by atoms with van der Waals surface area (Å²) >= 11 is 6.19. The molecule has 5 heteroatoms. The molecule has 0 aliphatic carbocycles. The average molecular weight is 305 g/mol. The lowest BCUT2D eigenvalue weighted by molar-refractivity contribution is 0.0697. The van der Waals surface area contributed by atoms with Crippen molar-refractivity contribution in [1.29, 1.82) is 0 Å². The number of hydrogen-bond acceptors (Lipinski definition) is 3. The molecule has 2 aromatic carbocycles. The monoisotopic (exact) mass is 304 g/mol. The Kier molecular flexibility index (Phi) is 4.38. The number of anilines is 2. The zero-order valence-corrected chi connectivity index (χ0v) is 12.7. The van der Waals surface area contributed by atoms with E-state index in [1.807, 2.05) is 43.1 Å². The standard InChI is InChI=1S/C16H17ClN2O2/c1-10-5-3-4-6-11(10)9-19(2)15-13(16(20)21)7-12(18)8-14(15)17/h3-8H,9,18H2,1-2H3,(H,20,21). The number of carbonyl (C=O) groups is 1. The molecular weight excluding hydrogens is 288 g/mol. The van der Waals surface area contributed by atoms with Gasteiger partial charge in [-0.15, -0.1) is 0 Å². The molecule has 0 atom stereocenters. The second-order valence-electron chi connectivity index (χ2n) is 4.99. The largest absolute Gasteiger partial charge is 0.478 e. The van der Waals surface area contributed by atoms with Crippen molar-refractivity contribution in [2.75, 3.05) is 17.7 Å². The predicted octanol–water partition coefficient (Wildman–Crippen LogP) is 3.57. The van der Waals surface area contributed by atoms with Crippen LogP contribution < -0.4 is 10.6 Å². The first-order chi connectivity index (χ1) is 9.90. The number of aryl methyl sites for hydroxylation is 1. The molecule has 0 fully saturated rings. The average Bonchev–Trinajstić information content (AvgIpc) is 2.40. The maximum atomic E-state index is 11.4. The first-order valence-electron chi connectivity index (χ1n) is 6.48. The third kappa shape index (κ3) is 3.28. The molecule has 0 bridgehead atoms. The molecule has 0 radical (unpaired) electrons. The molecule has 0 spiro atoms. The van der Waals surface area contributed by atoms with Gasteiger partial charge in [-0.05, 0) is 30.2 Å². The van der Waals surface area contributed by atoms with Gasteiger partial charge in [-0.1, -0.05) is 35.9 Å². The first-order valence-corrected chi connectivity index (χ1v) is 6.86. The molecule has 2 rings (SSSR count). The van der Waals surface area contributed by atoms with E-state index in [-0.39, 0.29) is 5.56 Å². The van der Waals surface area contributed by atoms with Crippen molar-refractivity contribution in [3.8, 4) is 0 Å². The van der Waals surface area contributed by atoms with Gasteiger partial charge >= 0.3 is 5.97 Å². The summed E-state index contributed by atoms with van der Waals surface area (Å²) < 4.78 is 0. The Labute approximate surface area is 128 Å². The molecule has 0 unspecified atom stereocenters. The van der Waals surface area contributed by atoms with Gasteiger partial charge in [0.05, 0.1) is 16.3 Å². The second-order valence-corrected chi connectivity index (χ2v) is 5.39. The maximum absolute atomic E-state index is 11.4. The molecule has 0 heterocycles. The number of nitrogens with zero attached hydrogens (tertiary/aromatic N) is 1. The van der Waals surface area contributed by atoms with Crippen molar-refractivity contribution >= 4 is 28.9 Å². The van der Waals surface area contributed by atoms with Crippen molar-refractivity contribution in [2.45, 2.75) is 13.5 Å². The minimum Gasteiger partial charge on any atom is -0.478 e. The first kappa shape index (κ1) is 15.2. The molecule has 0 saturated heterocycles. The number of nitrogen functional groups attached to an aromatic ring is 1. The van der Waals surface area contributed by atoms with Crippen LogP contribution in [0.2, 0.25) is 5.02 Å². The van der Waals surface area contributed by atoms with E-state index in [1.165, 1.54) is 6.07 Å². The van der Waals surface area contributed by atoms with Crippen molar-refractivity contribution in [1.82, 2.24) is 0 Å². The van der Waals surface area contributed by atoms with E-state index in [9.17, 15) is 9.90 Å². The lowest BCUT2D eigenvalue weighted by Gasteiger charge is -2.23. The van der Waals surface area contributed by atoms with Gasteiger partial charge in [0.2, 0.25) is 0 Å². The van der Waals surface area contributed by atoms with Crippen LogP contribution in [-0.2, 0) is 6.54 Å². The molecule has 0 amide bonds. The fraction of sp³-hybridized carbons (Fsp3) is 0.188. The van der Waals surface area contributed by atoms with Crippen LogP contribution in [-0.4, -0.2) is 18.1 Å². The molecule has 110 valence electrons. The highest BCUT2D eigenvalue weighted by atomic mass is 35.5. The van der Waals surface area contributed by atoms with Crippen molar-refractivity contribution in [2.24, 2.45) is 0 Å². The van der Waals surface area contributed by atoms with Gasteiger partial charge in [-0.3, -0.25) is 0 Å². The van der Waals surface area contributed by atoms with Gasteiger partial charge in [-0.25, -0.2) is 4.79 Å². The van der Waals surface area contributed by atoms with Gasteiger partial charge in [0, 0.05) is 19.3 Å². The summed E-state index contributed by atoms with van der Waals surface area (Å²) in [4.78, 5) is 13.2. The minimum absolute atomic E-state index is 0.107. The van der Waals surface area contributed by atoms with E-state index in [2.05, 4.69) is 0 Å². The third-order valence-corrected chi connectivity index (χ3v) is 3.65. The summed E-state index contributed by atoms with van der Waals surface area (Å²) in [7, 11) is 1.82. The van der Waals surface area contributed by atoms with Crippen LogP contribution in [0.3, 0.4) is 0 Å². The molecule has 2 aromatic rings. The number of hydrogen-bond donors (Lipinski definition) is 2. The van der Waals surface area contributed by atoms with Crippen LogP contribution in [0, 0.1) is 6.92 Å². The number of carboxylic acid groups (broad SMARTS) is 1. The van der Waals surface area contributed by atoms with Crippen molar-refractivity contribution in [3.63, 3.8) is 0 Å². The molecule has 21 heavy (non-hydrogen) atoms. The highest BCUT2D eigenvalue weighted by molar-refractivity contribution is 6.34. The Morgan fingerprint density at radius 1 is 1.33 bits per heavy atom. The molecule has 4 nitrogen and oxygen atoms in total. The Balaban J connectivity index is 2.42. The fourth-order valence-electron chi connectivity index (χ4n) is 2.29. The maximum Gasteiger partial charge on any atom is 0.337 e. The topological polar surface area (TPSA) is 66.6 Å². The van der Waals surface area contributed by atoms with Crippen LogP contribution in [0.1, 0.15) is 21.5 Å². The van der Waals surface area contributed by atoms with E-state index in [1.54, 1.807) is 6.07 Å². The zero-order chi connectivity index (χ0) is 15.6.